The van der Waals surface area contributed by atoms with Gasteiger partial charge < -0.3 is 20.9 Å². The van der Waals surface area contributed by atoms with E-state index in [-0.39, 0.29) is 29.8 Å². The zero-order valence-corrected chi connectivity index (χ0v) is 15.1. The summed E-state index contributed by atoms with van der Waals surface area (Å²) in [5.41, 5.74) is 6.23. The molecule has 138 valence electrons. The van der Waals surface area contributed by atoms with Gasteiger partial charge >= 0.3 is 0 Å². The van der Waals surface area contributed by atoms with Crippen LogP contribution in [0.4, 0.5) is 10.1 Å². The van der Waals surface area contributed by atoms with Crippen molar-refractivity contribution in [1.29, 1.82) is 0 Å². The number of hydrogen-bond donors (Lipinski definition) is 2. The zero-order chi connectivity index (χ0) is 18.6. The number of nitrogens with two attached hydrogens (primary N) is 1. The van der Waals surface area contributed by atoms with Crippen LogP contribution in [0.15, 0.2) is 18.2 Å². The Balaban J connectivity index is 2.23. The predicted octanol–water partition coefficient (Wildman–Crippen LogP) is 1.18. The number of benzene rings is 1. The number of likely N-dealkylation sites (N-methyl/N-ethyl adjacent to an activating group) is 1. The highest BCUT2D eigenvalue weighted by Crippen LogP contribution is 2.24. The Labute approximate surface area is 148 Å². The second kappa shape index (κ2) is 8.29. The van der Waals surface area contributed by atoms with Gasteiger partial charge in [-0.2, -0.15) is 0 Å². The molecule has 1 fully saturated rings. The molecule has 25 heavy (non-hydrogen) atoms. The molecule has 1 saturated heterocycles. The SMILES string of the molecule is CCC(=O)NC(C(=O)N1CCN(C)CC1)C(C)c1ccc(N)c(F)c1. The molecule has 0 bridgehead atoms. The summed E-state index contributed by atoms with van der Waals surface area (Å²) < 4.78 is 13.8. The number of nitrogen functional groups attached to an aromatic ring is 1. The number of halogens is 1. The van der Waals surface area contributed by atoms with Crippen LogP contribution in [0.25, 0.3) is 0 Å². The van der Waals surface area contributed by atoms with Gasteiger partial charge in [-0.1, -0.05) is 19.9 Å². The fraction of sp³-hybridized carbons (Fsp3) is 0.556. The molecule has 0 aliphatic carbocycles. The van der Waals surface area contributed by atoms with Gasteiger partial charge in [0.05, 0.1) is 5.69 Å². The minimum atomic E-state index is -0.723. The van der Waals surface area contributed by atoms with Gasteiger partial charge in [0.15, 0.2) is 0 Å². The molecule has 1 aliphatic rings. The van der Waals surface area contributed by atoms with Crippen molar-refractivity contribution in [3.05, 3.63) is 29.6 Å². The molecule has 2 unspecified atom stereocenters. The first kappa shape index (κ1) is 19.2. The summed E-state index contributed by atoms with van der Waals surface area (Å²) in [6.07, 6.45) is 0.287. The van der Waals surface area contributed by atoms with E-state index in [1.165, 1.54) is 12.1 Å². The number of anilines is 1. The average molecular weight is 350 g/mol. The Hall–Kier alpha value is -2.15. The van der Waals surface area contributed by atoms with E-state index in [4.69, 9.17) is 5.73 Å². The van der Waals surface area contributed by atoms with Crippen LogP contribution in [0.1, 0.15) is 31.7 Å². The van der Waals surface area contributed by atoms with Crippen LogP contribution in [-0.2, 0) is 9.59 Å². The number of nitrogens with one attached hydrogen (secondary N) is 1. The molecule has 0 spiro atoms. The molecule has 2 amide bonds. The quantitative estimate of drug-likeness (QED) is 0.782. The van der Waals surface area contributed by atoms with Crippen molar-refractivity contribution < 1.29 is 14.0 Å². The highest BCUT2D eigenvalue weighted by atomic mass is 19.1. The summed E-state index contributed by atoms with van der Waals surface area (Å²) in [5.74, 6) is -1.20. The van der Waals surface area contributed by atoms with Crippen LogP contribution in [-0.4, -0.2) is 60.9 Å². The number of rotatable bonds is 5. The van der Waals surface area contributed by atoms with Gasteiger partial charge in [-0.15, -0.1) is 0 Å². The van der Waals surface area contributed by atoms with Crippen LogP contribution in [0.5, 0.6) is 0 Å². The summed E-state index contributed by atoms with van der Waals surface area (Å²) in [6.45, 7) is 6.39. The van der Waals surface area contributed by atoms with E-state index in [1.807, 2.05) is 14.0 Å². The Bertz CT molecular complexity index is 630. The topological polar surface area (TPSA) is 78.7 Å². The van der Waals surface area contributed by atoms with Crippen molar-refractivity contribution in [1.82, 2.24) is 15.1 Å². The zero-order valence-electron chi connectivity index (χ0n) is 15.1. The van der Waals surface area contributed by atoms with E-state index < -0.39 is 11.9 Å². The maximum absolute atomic E-state index is 13.8. The Kier molecular flexibility index (Phi) is 6.36. The molecule has 6 nitrogen and oxygen atoms in total. The molecule has 3 N–H and O–H groups in total. The fourth-order valence-corrected chi connectivity index (χ4v) is 2.92. The molecule has 1 aromatic rings. The van der Waals surface area contributed by atoms with E-state index in [1.54, 1.807) is 17.9 Å². The standard InChI is InChI=1S/C18H27FN4O2/c1-4-16(24)21-17(18(25)23-9-7-22(3)8-10-23)12(2)13-5-6-15(20)14(19)11-13/h5-6,11-12,17H,4,7-10,20H2,1-3H3,(H,21,24). The first-order valence-corrected chi connectivity index (χ1v) is 8.65. The lowest BCUT2D eigenvalue weighted by atomic mass is 9.91. The number of hydrogen-bond acceptors (Lipinski definition) is 4. The van der Waals surface area contributed by atoms with Crippen molar-refractivity contribution in [2.45, 2.75) is 32.2 Å². The van der Waals surface area contributed by atoms with E-state index >= 15 is 0 Å². The van der Waals surface area contributed by atoms with Crippen molar-refractivity contribution in [3.63, 3.8) is 0 Å². The van der Waals surface area contributed by atoms with Crippen LogP contribution in [0.3, 0.4) is 0 Å². The average Bonchev–Trinajstić information content (AvgIpc) is 2.61. The highest BCUT2D eigenvalue weighted by molar-refractivity contribution is 5.88. The molecule has 1 aromatic carbocycles. The van der Waals surface area contributed by atoms with Crippen LogP contribution >= 0.6 is 0 Å². The summed E-state index contributed by atoms with van der Waals surface area (Å²) >= 11 is 0. The van der Waals surface area contributed by atoms with Gasteiger partial charge in [0.25, 0.3) is 0 Å². The molecular formula is C18H27FN4O2. The second-order valence-corrected chi connectivity index (χ2v) is 6.60. The number of nitrogens with zero attached hydrogens (tertiary/aromatic N) is 2. The second-order valence-electron chi connectivity index (χ2n) is 6.60. The van der Waals surface area contributed by atoms with Crippen molar-refractivity contribution in [2.24, 2.45) is 0 Å². The normalized spacial score (nSPS) is 17.8. The van der Waals surface area contributed by atoms with Crippen molar-refractivity contribution in [2.75, 3.05) is 39.0 Å². The van der Waals surface area contributed by atoms with Gasteiger partial charge in [0.2, 0.25) is 11.8 Å². The first-order chi connectivity index (χ1) is 11.8. The first-order valence-electron chi connectivity index (χ1n) is 8.65. The van der Waals surface area contributed by atoms with Crippen LogP contribution in [0.2, 0.25) is 0 Å². The molecular weight excluding hydrogens is 323 g/mol. The number of amides is 2. The Morgan fingerprint density at radius 1 is 1.28 bits per heavy atom. The number of carbonyl (C=O) groups is 2. The highest BCUT2D eigenvalue weighted by Gasteiger charge is 2.32. The van der Waals surface area contributed by atoms with E-state index in [2.05, 4.69) is 10.2 Å². The third-order valence-electron chi connectivity index (χ3n) is 4.77. The lowest BCUT2D eigenvalue weighted by molar-refractivity contribution is -0.138. The third-order valence-corrected chi connectivity index (χ3v) is 4.77. The largest absolute Gasteiger partial charge is 0.396 e. The van der Waals surface area contributed by atoms with Gasteiger partial charge in [-0.3, -0.25) is 9.59 Å². The molecule has 0 saturated carbocycles. The Morgan fingerprint density at radius 2 is 1.92 bits per heavy atom. The molecule has 1 aliphatic heterocycles. The maximum Gasteiger partial charge on any atom is 0.245 e. The minimum Gasteiger partial charge on any atom is -0.396 e. The van der Waals surface area contributed by atoms with Gasteiger partial charge in [-0.25, -0.2) is 4.39 Å². The smallest absolute Gasteiger partial charge is 0.245 e. The molecule has 2 atom stereocenters. The Morgan fingerprint density at radius 3 is 2.48 bits per heavy atom. The molecule has 2 rings (SSSR count). The molecule has 0 radical (unpaired) electrons. The van der Waals surface area contributed by atoms with Crippen molar-refractivity contribution in [3.8, 4) is 0 Å². The van der Waals surface area contributed by atoms with Crippen LogP contribution < -0.4 is 11.1 Å². The van der Waals surface area contributed by atoms with Gasteiger partial charge in [0, 0.05) is 38.5 Å². The predicted molar refractivity (Wildman–Crippen MR) is 95.5 cm³/mol. The van der Waals surface area contributed by atoms with Gasteiger partial charge in [0.1, 0.15) is 11.9 Å². The monoisotopic (exact) mass is 350 g/mol. The van der Waals surface area contributed by atoms with E-state index in [0.29, 0.717) is 18.7 Å². The number of carbonyl (C=O) groups excluding carboxylic acids is 2. The summed E-state index contributed by atoms with van der Waals surface area (Å²) in [7, 11) is 2.01. The van der Waals surface area contributed by atoms with Crippen LogP contribution in [0, 0.1) is 5.82 Å². The summed E-state index contributed by atoms with van der Waals surface area (Å²) in [4.78, 5) is 28.9. The lowest BCUT2D eigenvalue weighted by Crippen LogP contribution is -2.55. The molecule has 1 heterocycles. The summed E-state index contributed by atoms with van der Waals surface area (Å²) in [5, 5.41) is 2.81. The summed E-state index contributed by atoms with van der Waals surface area (Å²) in [6, 6.07) is 3.80. The van der Waals surface area contributed by atoms with E-state index in [0.717, 1.165) is 13.1 Å². The molecule has 0 aromatic heterocycles. The third kappa shape index (κ3) is 4.69. The van der Waals surface area contributed by atoms with Crippen molar-refractivity contribution >= 4 is 17.5 Å². The van der Waals surface area contributed by atoms with E-state index in [9.17, 15) is 14.0 Å². The fourth-order valence-electron chi connectivity index (χ4n) is 2.92. The minimum absolute atomic E-state index is 0.0653. The maximum atomic E-state index is 13.8. The molecule has 7 heteroatoms. The lowest BCUT2D eigenvalue weighted by Gasteiger charge is -2.36. The van der Waals surface area contributed by atoms with Gasteiger partial charge in [-0.05, 0) is 24.7 Å². The number of piperazine rings is 1.